The average molecular weight is 404 g/mol. The number of nitrogens with zero attached hydrogens (tertiary/aromatic N) is 1. The Hall–Kier alpha value is -1.92. The summed E-state index contributed by atoms with van der Waals surface area (Å²) in [6.07, 6.45) is 7.24. The van der Waals surface area contributed by atoms with Crippen molar-refractivity contribution in [3.63, 3.8) is 0 Å². The molecule has 1 heterocycles. The minimum absolute atomic E-state index is 0.0868. The highest BCUT2D eigenvalue weighted by Gasteiger charge is 2.32. The number of hydrogen-bond donors (Lipinski definition) is 2. The molecule has 2 amide bonds. The molecule has 0 spiro atoms. The third-order valence-electron chi connectivity index (χ3n) is 5.30. The van der Waals surface area contributed by atoms with Crippen LogP contribution in [0, 0.1) is 0 Å². The molecule has 142 valence electrons. The Bertz CT molecular complexity index is 843. The van der Waals surface area contributed by atoms with Crippen LogP contribution in [0.5, 0.6) is 0 Å². The standard InChI is InChI=1S/C20H22ClN3O2S/c21-13-10-8-12(9-11-13)18(25)24-20-23-17-15(6-3-7-16(17)27-20)19(26)22-14-4-1-2-5-14/h8-11,14-15H,1-7H2,(H,22,26)(H,23,24,25). The Morgan fingerprint density at radius 3 is 2.56 bits per heavy atom. The van der Waals surface area contributed by atoms with E-state index in [1.165, 1.54) is 24.2 Å². The van der Waals surface area contributed by atoms with Crippen LogP contribution in [-0.4, -0.2) is 22.8 Å². The van der Waals surface area contributed by atoms with Gasteiger partial charge in [0.15, 0.2) is 5.13 Å². The molecular formula is C20H22ClN3O2S. The molecule has 1 aromatic carbocycles. The monoisotopic (exact) mass is 403 g/mol. The molecule has 27 heavy (non-hydrogen) atoms. The van der Waals surface area contributed by atoms with E-state index < -0.39 is 0 Å². The number of carbonyl (C=O) groups is 2. The lowest BCUT2D eigenvalue weighted by molar-refractivity contribution is -0.123. The van der Waals surface area contributed by atoms with Gasteiger partial charge < -0.3 is 5.32 Å². The summed E-state index contributed by atoms with van der Waals surface area (Å²) in [4.78, 5) is 30.9. The van der Waals surface area contributed by atoms with Gasteiger partial charge in [0.1, 0.15) is 0 Å². The summed E-state index contributed by atoms with van der Waals surface area (Å²) in [5.41, 5.74) is 1.37. The fraction of sp³-hybridized carbons (Fsp3) is 0.450. The topological polar surface area (TPSA) is 71.1 Å². The van der Waals surface area contributed by atoms with Crippen molar-refractivity contribution in [3.05, 3.63) is 45.4 Å². The molecule has 0 bridgehead atoms. The third-order valence-corrected chi connectivity index (χ3v) is 6.60. The Balaban J connectivity index is 1.47. The maximum atomic E-state index is 12.8. The lowest BCUT2D eigenvalue weighted by Crippen LogP contribution is -2.37. The summed E-state index contributed by atoms with van der Waals surface area (Å²) in [5, 5.41) is 7.20. The second kappa shape index (κ2) is 7.98. The third kappa shape index (κ3) is 4.17. The number of rotatable bonds is 4. The molecule has 1 atom stereocenters. The number of fused-ring (bicyclic) bond motifs is 1. The molecule has 7 heteroatoms. The molecule has 1 saturated carbocycles. The number of aryl methyl sites for hydroxylation is 1. The number of carbonyl (C=O) groups excluding carboxylic acids is 2. The van der Waals surface area contributed by atoms with Gasteiger partial charge in [0.25, 0.3) is 5.91 Å². The number of thiazole rings is 1. The van der Waals surface area contributed by atoms with Gasteiger partial charge in [-0.05, 0) is 56.4 Å². The van der Waals surface area contributed by atoms with Crippen LogP contribution in [0.25, 0.3) is 0 Å². The highest BCUT2D eigenvalue weighted by molar-refractivity contribution is 7.16. The van der Waals surface area contributed by atoms with Gasteiger partial charge in [0, 0.05) is 21.5 Å². The largest absolute Gasteiger partial charge is 0.353 e. The first-order chi connectivity index (χ1) is 13.1. The zero-order valence-corrected chi connectivity index (χ0v) is 16.5. The molecule has 4 rings (SSSR count). The van der Waals surface area contributed by atoms with Crippen molar-refractivity contribution < 1.29 is 9.59 Å². The fourth-order valence-corrected chi connectivity index (χ4v) is 5.06. The van der Waals surface area contributed by atoms with E-state index in [4.69, 9.17) is 11.6 Å². The van der Waals surface area contributed by atoms with Gasteiger partial charge in [0.05, 0.1) is 11.6 Å². The summed E-state index contributed by atoms with van der Waals surface area (Å²) < 4.78 is 0. The normalized spacial score (nSPS) is 19.5. The lowest BCUT2D eigenvalue weighted by Gasteiger charge is -2.22. The second-order valence-electron chi connectivity index (χ2n) is 7.22. The van der Waals surface area contributed by atoms with Gasteiger partial charge in [0.2, 0.25) is 5.91 Å². The van der Waals surface area contributed by atoms with Crippen molar-refractivity contribution in [1.82, 2.24) is 10.3 Å². The second-order valence-corrected chi connectivity index (χ2v) is 8.74. The summed E-state index contributed by atoms with van der Waals surface area (Å²) in [5.74, 6) is -0.333. The maximum absolute atomic E-state index is 12.8. The number of nitrogens with one attached hydrogen (secondary N) is 2. The Morgan fingerprint density at radius 1 is 1.07 bits per heavy atom. The number of anilines is 1. The van der Waals surface area contributed by atoms with Gasteiger partial charge in [-0.2, -0.15) is 0 Å². The first-order valence-electron chi connectivity index (χ1n) is 9.47. The maximum Gasteiger partial charge on any atom is 0.257 e. The van der Waals surface area contributed by atoms with Crippen LogP contribution < -0.4 is 10.6 Å². The Labute approximate surface area is 167 Å². The van der Waals surface area contributed by atoms with Crippen LogP contribution in [0.2, 0.25) is 5.02 Å². The highest BCUT2D eigenvalue weighted by Crippen LogP contribution is 2.37. The van der Waals surface area contributed by atoms with E-state index in [0.29, 0.717) is 21.8 Å². The van der Waals surface area contributed by atoms with E-state index in [0.717, 1.165) is 42.7 Å². The van der Waals surface area contributed by atoms with Gasteiger partial charge in [-0.1, -0.05) is 24.4 Å². The molecule has 1 fully saturated rings. The molecule has 1 aromatic heterocycles. The van der Waals surface area contributed by atoms with Crippen molar-refractivity contribution in [3.8, 4) is 0 Å². The lowest BCUT2D eigenvalue weighted by atomic mass is 9.90. The summed E-state index contributed by atoms with van der Waals surface area (Å²) in [6.45, 7) is 0. The Kier molecular flexibility index (Phi) is 5.45. The molecule has 2 aliphatic carbocycles. The zero-order chi connectivity index (χ0) is 18.8. The fourth-order valence-electron chi connectivity index (χ4n) is 3.87. The number of amides is 2. The van der Waals surface area contributed by atoms with Crippen molar-refractivity contribution in [2.75, 3.05) is 5.32 Å². The molecule has 2 aromatic rings. The predicted molar refractivity (Wildman–Crippen MR) is 108 cm³/mol. The molecule has 0 saturated heterocycles. The molecule has 1 unspecified atom stereocenters. The smallest absolute Gasteiger partial charge is 0.257 e. The SMILES string of the molecule is O=C(Nc1nc2c(s1)CCCC2C(=O)NC1CCCC1)c1ccc(Cl)cc1. The molecular weight excluding hydrogens is 382 g/mol. The van der Waals surface area contributed by atoms with Crippen LogP contribution in [0.15, 0.2) is 24.3 Å². The average Bonchev–Trinajstić information content (AvgIpc) is 3.30. The van der Waals surface area contributed by atoms with Crippen LogP contribution >= 0.6 is 22.9 Å². The van der Waals surface area contributed by atoms with Crippen molar-refractivity contribution in [1.29, 1.82) is 0 Å². The van der Waals surface area contributed by atoms with Gasteiger partial charge in [-0.15, -0.1) is 11.3 Å². The van der Waals surface area contributed by atoms with E-state index in [1.807, 2.05) is 0 Å². The van der Waals surface area contributed by atoms with Crippen LogP contribution in [-0.2, 0) is 11.2 Å². The summed E-state index contributed by atoms with van der Waals surface area (Å²) in [7, 11) is 0. The number of hydrogen-bond acceptors (Lipinski definition) is 4. The van der Waals surface area contributed by atoms with Crippen LogP contribution in [0.4, 0.5) is 5.13 Å². The van der Waals surface area contributed by atoms with E-state index in [-0.39, 0.29) is 17.7 Å². The first kappa shape index (κ1) is 18.4. The molecule has 0 radical (unpaired) electrons. The van der Waals surface area contributed by atoms with Crippen molar-refractivity contribution in [2.24, 2.45) is 0 Å². The minimum atomic E-state index is -0.218. The first-order valence-corrected chi connectivity index (χ1v) is 10.7. The van der Waals surface area contributed by atoms with E-state index in [9.17, 15) is 9.59 Å². The minimum Gasteiger partial charge on any atom is -0.353 e. The van der Waals surface area contributed by atoms with E-state index in [1.54, 1.807) is 24.3 Å². The van der Waals surface area contributed by atoms with E-state index >= 15 is 0 Å². The summed E-state index contributed by atoms with van der Waals surface area (Å²) >= 11 is 7.35. The summed E-state index contributed by atoms with van der Waals surface area (Å²) in [6, 6.07) is 7.05. The molecule has 5 nitrogen and oxygen atoms in total. The number of aromatic nitrogens is 1. The zero-order valence-electron chi connectivity index (χ0n) is 15.0. The van der Waals surface area contributed by atoms with Gasteiger partial charge in [-0.25, -0.2) is 4.98 Å². The number of benzene rings is 1. The highest BCUT2D eigenvalue weighted by atomic mass is 35.5. The Morgan fingerprint density at radius 2 is 1.81 bits per heavy atom. The molecule has 2 aliphatic rings. The molecule has 0 aliphatic heterocycles. The molecule has 2 N–H and O–H groups in total. The number of halogens is 1. The van der Waals surface area contributed by atoms with Crippen LogP contribution in [0.1, 0.15) is 65.4 Å². The van der Waals surface area contributed by atoms with Crippen molar-refractivity contribution >= 4 is 39.9 Å². The van der Waals surface area contributed by atoms with Gasteiger partial charge in [-0.3, -0.25) is 14.9 Å². The van der Waals surface area contributed by atoms with Crippen LogP contribution in [0.3, 0.4) is 0 Å². The van der Waals surface area contributed by atoms with Crippen molar-refractivity contribution in [2.45, 2.75) is 56.9 Å². The van der Waals surface area contributed by atoms with Gasteiger partial charge >= 0.3 is 0 Å². The quantitative estimate of drug-likeness (QED) is 0.787. The predicted octanol–water partition coefficient (Wildman–Crippen LogP) is 4.53. The van der Waals surface area contributed by atoms with E-state index in [2.05, 4.69) is 15.6 Å².